The van der Waals surface area contributed by atoms with Gasteiger partial charge < -0.3 is 4.74 Å². The van der Waals surface area contributed by atoms with Crippen LogP contribution in [0.15, 0.2) is 12.1 Å². The maximum absolute atomic E-state index is 5.46. The van der Waals surface area contributed by atoms with Gasteiger partial charge in [0, 0.05) is 11.3 Å². The van der Waals surface area contributed by atoms with Gasteiger partial charge in [-0.25, -0.2) is 4.98 Å². The third-order valence-corrected chi connectivity index (χ3v) is 1.63. The Hall–Kier alpha value is -1.05. The lowest BCUT2D eigenvalue weighted by molar-refractivity contribution is 0.302. The Morgan fingerprint density at radius 1 is 1.21 bits per heavy atom. The SMILES string of the molecule is CC.CCCOc1nc(C)ccc1C. The molecule has 0 aliphatic heterocycles. The van der Waals surface area contributed by atoms with Crippen molar-refractivity contribution in [2.75, 3.05) is 6.61 Å². The van der Waals surface area contributed by atoms with Gasteiger partial charge in [-0.3, -0.25) is 0 Å². The van der Waals surface area contributed by atoms with Crippen molar-refractivity contribution in [1.29, 1.82) is 0 Å². The second-order valence-corrected chi connectivity index (χ2v) is 2.92. The molecule has 0 radical (unpaired) electrons. The van der Waals surface area contributed by atoms with E-state index in [9.17, 15) is 0 Å². The summed E-state index contributed by atoms with van der Waals surface area (Å²) in [6.45, 7) is 10.8. The molecule has 0 N–H and O–H groups in total. The van der Waals surface area contributed by atoms with E-state index < -0.39 is 0 Å². The number of aromatic nitrogens is 1. The van der Waals surface area contributed by atoms with Crippen LogP contribution in [0.25, 0.3) is 0 Å². The molecule has 0 saturated heterocycles. The number of aryl methyl sites for hydroxylation is 2. The smallest absolute Gasteiger partial charge is 0.216 e. The quantitative estimate of drug-likeness (QED) is 0.736. The number of rotatable bonds is 3. The zero-order valence-electron chi connectivity index (χ0n) is 9.92. The minimum Gasteiger partial charge on any atom is -0.477 e. The molecule has 0 bridgehead atoms. The fourth-order valence-electron chi connectivity index (χ4n) is 0.947. The van der Waals surface area contributed by atoms with Crippen LogP contribution in [0.3, 0.4) is 0 Å². The van der Waals surface area contributed by atoms with Gasteiger partial charge >= 0.3 is 0 Å². The van der Waals surface area contributed by atoms with Gasteiger partial charge in [-0.15, -0.1) is 0 Å². The van der Waals surface area contributed by atoms with Crippen molar-refractivity contribution in [3.63, 3.8) is 0 Å². The normalized spacial score (nSPS) is 8.93. The minimum atomic E-state index is 0.747. The first-order chi connectivity index (χ1) is 6.74. The number of hydrogen-bond donors (Lipinski definition) is 0. The van der Waals surface area contributed by atoms with Crippen molar-refractivity contribution in [3.05, 3.63) is 23.4 Å². The fraction of sp³-hybridized carbons (Fsp3) is 0.583. The Balaban J connectivity index is 0.000000791. The Morgan fingerprint density at radius 3 is 2.43 bits per heavy atom. The van der Waals surface area contributed by atoms with E-state index in [-0.39, 0.29) is 0 Å². The van der Waals surface area contributed by atoms with E-state index in [1.165, 1.54) is 0 Å². The summed E-state index contributed by atoms with van der Waals surface area (Å²) in [6.07, 6.45) is 1.02. The van der Waals surface area contributed by atoms with Crippen LogP contribution in [-0.4, -0.2) is 11.6 Å². The van der Waals surface area contributed by atoms with E-state index in [1.54, 1.807) is 0 Å². The van der Waals surface area contributed by atoms with Gasteiger partial charge in [-0.05, 0) is 26.3 Å². The van der Waals surface area contributed by atoms with Crippen LogP contribution in [-0.2, 0) is 0 Å². The maximum atomic E-state index is 5.46. The lowest BCUT2D eigenvalue weighted by atomic mass is 10.3. The lowest BCUT2D eigenvalue weighted by Crippen LogP contribution is -1.99. The molecular weight excluding hydrogens is 174 g/mol. The Bertz CT molecular complexity index is 258. The minimum absolute atomic E-state index is 0.747. The summed E-state index contributed by atoms with van der Waals surface area (Å²) in [7, 11) is 0. The summed E-state index contributed by atoms with van der Waals surface area (Å²) in [6, 6.07) is 4.03. The molecule has 1 heterocycles. The first-order valence-corrected chi connectivity index (χ1v) is 5.31. The molecule has 0 amide bonds. The maximum Gasteiger partial charge on any atom is 0.216 e. The van der Waals surface area contributed by atoms with Crippen LogP contribution in [0, 0.1) is 13.8 Å². The molecule has 14 heavy (non-hydrogen) atoms. The Labute approximate surface area is 87.3 Å². The summed E-state index contributed by atoms with van der Waals surface area (Å²) in [5.74, 6) is 0.775. The molecule has 1 rings (SSSR count). The largest absolute Gasteiger partial charge is 0.477 e. The van der Waals surface area contributed by atoms with E-state index in [1.807, 2.05) is 39.8 Å². The van der Waals surface area contributed by atoms with Gasteiger partial charge in [-0.1, -0.05) is 26.8 Å². The van der Waals surface area contributed by atoms with Crippen molar-refractivity contribution in [2.24, 2.45) is 0 Å². The molecule has 0 aliphatic carbocycles. The highest BCUT2D eigenvalue weighted by molar-refractivity contribution is 5.26. The van der Waals surface area contributed by atoms with Crippen LogP contribution < -0.4 is 4.74 Å². The second kappa shape index (κ2) is 7.36. The standard InChI is InChI=1S/C10H15NO.C2H6/c1-4-7-12-10-8(2)5-6-9(3)11-10;1-2/h5-6H,4,7H2,1-3H3;1-2H3. The van der Waals surface area contributed by atoms with Crippen molar-refractivity contribution >= 4 is 0 Å². The van der Waals surface area contributed by atoms with E-state index in [0.29, 0.717) is 0 Å². The summed E-state index contributed by atoms with van der Waals surface area (Å²) in [4.78, 5) is 4.29. The Morgan fingerprint density at radius 2 is 1.86 bits per heavy atom. The van der Waals surface area contributed by atoms with Gasteiger partial charge in [0.2, 0.25) is 5.88 Å². The van der Waals surface area contributed by atoms with Gasteiger partial charge in [0.25, 0.3) is 0 Å². The van der Waals surface area contributed by atoms with Crippen LogP contribution in [0.4, 0.5) is 0 Å². The average molecular weight is 195 g/mol. The zero-order valence-corrected chi connectivity index (χ0v) is 9.92. The third kappa shape index (κ3) is 4.26. The summed E-state index contributed by atoms with van der Waals surface area (Å²) in [5.41, 5.74) is 2.11. The summed E-state index contributed by atoms with van der Waals surface area (Å²) in [5, 5.41) is 0. The Kier molecular flexibility index (Phi) is 6.81. The van der Waals surface area contributed by atoms with Crippen molar-refractivity contribution < 1.29 is 4.74 Å². The molecule has 0 aromatic carbocycles. The van der Waals surface area contributed by atoms with Crippen LogP contribution in [0.2, 0.25) is 0 Å². The zero-order chi connectivity index (χ0) is 11.0. The summed E-state index contributed by atoms with van der Waals surface area (Å²) < 4.78 is 5.46. The fourth-order valence-corrected chi connectivity index (χ4v) is 0.947. The highest BCUT2D eigenvalue weighted by Gasteiger charge is 1.99. The van der Waals surface area contributed by atoms with E-state index in [0.717, 1.165) is 30.2 Å². The molecule has 2 nitrogen and oxygen atoms in total. The number of nitrogens with zero attached hydrogens (tertiary/aromatic N) is 1. The molecule has 0 fully saturated rings. The molecule has 0 saturated carbocycles. The topological polar surface area (TPSA) is 22.1 Å². The molecule has 2 heteroatoms. The number of pyridine rings is 1. The molecular formula is C12H21NO. The third-order valence-electron chi connectivity index (χ3n) is 1.63. The van der Waals surface area contributed by atoms with Gasteiger partial charge in [0.05, 0.1) is 6.61 Å². The lowest BCUT2D eigenvalue weighted by Gasteiger charge is -2.06. The van der Waals surface area contributed by atoms with E-state index in [2.05, 4.69) is 11.9 Å². The van der Waals surface area contributed by atoms with Crippen molar-refractivity contribution in [2.45, 2.75) is 41.0 Å². The van der Waals surface area contributed by atoms with Crippen LogP contribution >= 0.6 is 0 Å². The molecule has 0 unspecified atom stereocenters. The highest BCUT2D eigenvalue weighted by atomic mass is 16.5. The van der Waals surface area contributed by atoms with Crippen LogP contribution in [0.1, 0.15) is 38.4 Å². The summed E-state index contributed by atoms with van der Waals surface area (Å²) >= 11 is 0. The first-order valence-electron chi connectivity index (χ1n) is 5.31. The van der Waals surface area contributed by atoms with Gasteiger partial charge in [0.15, 0.2) is 0 Å². The van der Waals surface area contributed by atoms with E-state index in [4.69, 9.17) is 4.74 Å². The van der Waals surface area contributed by atoms with Crippen molar-refractivity contribution in [3.8, 4) is 5.88 Å². The first kappa shape index (κ1) is 12.9. The number of ether oxygens (including phenoxy) is 1. The van der Waals surface area contributed by atoms with Crippen molar-refractivity contribution in [1.82, 2.24) is 4.98 Å². The van der Waals surface area contributed by atoms with Crippen LogP contribution in [0.5, 0.6) is 5.88 Å². The van der Waals surface area contributed by atoms with E-state index >= 15 is 0 Å². The molecule has 1 aromatic heterocycles. The molecule has 1 aromatic rings. The molecule has 0 spiro atoms. The second-order valence-electron chi connectivity index (χ2n) is 2.92. The monoisotopic (exact) mass is 195 g/mol. The predicted octanol–water partition coefficient (Wildman–Crippen LogP) is 3.51. The molecule has 0 atom stereocenters. The average Bonchev–Trinajstić information content (AvgIpc) is 2.22. The van der Waals surface area contributed by atoms with Gasteiger partial charge in [0.1, 0.15) is 0 Å². The number of hydrogen-bond acceptors (Lipinski definition) is 2. The van der Waals surface area contributed by atoms with Gasteiger partial charge in [-0.2, -0.15) is 0 Å². The molecule has 80 valence electrons. The predicted molar refractivity (Wildman–Crippen MR) is 60.8 cm³/mol. The molecule has 0 aliphatic rings. The highest BCUT2D eigenvalue weighted by Crippen LogP contribution is 2.14.